The lowest BCUT2D eigenvalue weighted by molar-refractivity contribution is 0.590. The van der Waals surface area contributed by atoms with Gasteiger partial charge in [0.2, 0.25) is 0 Å². The molecule has 3 nitrogen and oxygen atoms in total. The van der Waals surface area contributed by atoms with Crippen LogP contribution in [0.1, 0.15) is 51.3 Å². The molecule has 0 amide bonds. The summed E-state index contributed by atoms with van der Waals surface area (Å²) >= 11 is 0. The molecule has 9 aromatic rings. The molecule has 13 rings (SSSR count). The van der Waals surface area contributed by atoms with E-state index in [4.69, 9.17) is 4.42 Å². The zero-order chi connectivity index (χ0) is 42.0. The molecule has 5 heteroatoms. The van der Waals surface area contributed by atoms with E-state index in [9.17, 15) is 0 Å². The van der Waals surface area contributed by atoms with Crippen LogP contribution in [0, 0.1) is 0 Å². The monoisotopic (exact) mass is 814 g/mol. The first-order valence-corrected chi connectivity index (χ1v) is 25.2. The second-order valence-corrected chi connectivity index (χ2v) is 24.4. The second kappa shape index (κ2) is 12.1. The fourth-order valence-corrected chi connectivity index (χ4v) is 15.0. The predicted molar refractivity (Wildman–Crippen MR) is 266 cm³/mol. The largest absolute Gasteiger partial charge is 0.456 e. The highest BCUT2D eigenvalue weighted by atomic mass is 28.3. The maximum absolute atomic E-state index is 6.83. The van der Waals surface area contributed by atoms with Gasteiger partial charge >= 0.3 is 6.85 Å². The van der Waals surface area contributed by atoms with Gasteiger partial charge in [0.1, 0.15) is 19.2 Å². The number of rotatable bonds is 2. The lowest BCUT2D eigenvalue weighted by Crippen LogP contribution is -2.68. The van der Waals surface area contributed by atoms with Gasteiger partial charge in [-0.05, 0) is 108 Å². The molecule has 0 saturated heterocycles. The van der Waals surface area contributed by atoms with Gasteiger partial charge in [-0.3, -0.25) is 0 Å². The van der Waals surface area contributed by atoms with Gasteiger partial charge < -0.3 is 14.1 Å². The lowest BCUT2D eigenvalue weighted by atomic mass is 9.42. The van der Waals surface area contributed by atoms with E-state index in [0.29, 0.717) is 0 Å². The summed E-state index contributed by atoms with van der Waals surface area (Å²) < 4.78 is 6.83. The Morgan fingerprint density at radius 3 is 2.13 bits per heavy atom. The Balaban J connectivity index is 1.24. The molecule has 3 aliphatic heterocycles. The van der Waals surface area contributed by atoms with Gasteiger partial charge in [0, 0.05) is 50.1 Å². The van der Waals surface area contributed by atoms with Crippen LogP contribution in [0.5, 0.6) is 0 Å². The molecule has 0 saturated carbocycles. The summed E-state index contributed by atoms with van der Waals surface area (Å²) in [6, 6.07) is 59.9. The van der Waals surface area contributed by atoms with Crippen LogP contribution < -0.4 is 31.0 Å². The van der Waals surface area contributed by atoms with Crippen molar-refractivity contribution in [3.63, 3.8) is 0 Å². The molecule has 8 aromatic carbocycles. The third-order valence-corrected chi connectivity index (χ3v) is 18.5. The standard InChI is InChI=1S/C57H47BN2OSi/c1-56(2,3)35-28-29-44(39(30-35)34-18-9-8-10-19-34)59-46-31-40-37-21-12-15-25-48(37)61-49(40)33-43(46)58-54-47(59)32-41-36-20-11-13-23-42(36)57(4,5)53(41)52(54)38-22-17-27-51-55(38)60(58)45-24-14-16-26-50(45)62(51,6)7/h8-33H,1-7H3. The second-order valence-electron chi connectivity index (χ2n) is 20.1. The summed E-state index contributed by atoms with van der Waals surface area (Å²) in [7, 11) is -2.13. The van der Waals surface area contributed by atoms with Crippen LogP contribution in [0.4, 0.5) is 28.4 Å². The molecule has 1 aromatic heterocycles. The number of benzene rings is 8. The molecule has 4 aliphatic rings. The maximum atomic E-state index is 6.83. The first kappa shape index (κ1) is 36.1. The molecule has 4 heterocycles. The van der Waals surface area contributed by atoms with Crippen molar-refractivity contribution in [3.05, 3.63) is 174 Å². The quantitative estimate of drug-likeness (QED) is 0.162. The van der Waals surface area contributed by atoms with Crippen LogP contribution in [0.3, 0.4) is 0 Å². The number of furan rings is 1. The topological polar surface area (TPSA) is 19.6 Å². The molecular formula is C57H47BN2OSi. The molecule has 62 heavy (non-hydrogen) atoms. The fourth-order valence-electron chi connectivity index (χ4n) is 12.0. The minimum absolute atomic E-state index is 0.0307. The third-order valence-electron chi connectivity index (χ3n) is 14.9. The van der Waals surface area contributed by atoms with Crippen molar-refractivity contribution in [3.8, 4) is 33.4 Å². The van der Waals surface area contributed by atoms with Crippen molar-refractivity contribution in [2.75, 3.05) is 9.71 Å². The molecular weight excluding hydrogens is 768 g/mol. The summed E-state index contributed by atoms with van der Waals surface area (Å²) in [5.74, 6) is 0. The van der Waals surface area contributed by atoms with Crippen molar-refractivity contribution < 1.29 is 4.42 Å². The maximum Gasteiger partial charge on any atom is 0.333 e. The normalized spacial score (nSPS) is 15.8. The molecule has 0 N–H and O–H groups in total. The molecule has 0 radical (unpaired) electrons. The highest BCUT2D eigenvalue weighted by Crippen LogP contribution is 2.58. The van der Waals surface area contributed by atoms with Crippen LogP contribution in [-0.4, -0.2) is 14.9 Å². The smallest absolute Gasteiger partial charge is 0.333 e. The number of hydrogen-bond acceptors (Lipinski definition) is 3. The highest BCUT2D eigenvalue weighted by Gasteiger charge is 2.53. The molecule has 0 bridgehead atoms. The van der Waals surface area contributed by atoms with E-state index < -0.39 is 8.07 Å². The number of nitrogens with zero attached hydrogens (tertiary/aromatic N) is 2. The van der Waals surface area contributed by atoms with Crippen molar-refractivity contribution in [2.45, 2.75) is 58.5 Å². The van der Waals surface area contributed by atoms with E-state index in [-0.39, 0.29) is 17.7 Å². The highest BCUT2D eigenvalue weighted by molar-refractivity contribution is 7.05. The van der Waals surface area contributed by atoms with E-state index in [1.807, 2.05) is 0 Å². The van der Waals surface area contributed by atoms with Crippen molar-refractivity contribution >= 4 is 86.6 Å². The fraction of sp³-hybridized carbons (Fsp3) is 0.158. The third kappa shape index (κ3) is 4.56. The predicted octanol–water partition coefficient (Wildman–Crippen LogP) is 12.7. The minimum atomic E-state index is -2.13. The Labute approximate surface area is 365 Å². The van der Waals surface area contributed by atoms with E-state index in [1.54, 1.807) is 0 Å². The Kier molecular flexibility index (Phi) is 7.04. The summed E-state index contributed by atoms with van der Waals surface area (Å²) in [6.07, 6.45) is 0. The number of anilines is 5. The molecule has 0 unspecified atom stereocenters. The summed E-state index contributed by atoms with van der Waals surface area (Å²) in [5.41, 5.74) is 22.6. The molecule has 1 aliphatic carbocycles. The van der Waals surface area contributed by atoms with E-state index in [1.165, 1.54) is 99.8 Å². The average Bonchev–Trinajstić information content (AvgIpc) is 3.75. The van der Waals surface area contributed by atoms with Gasteiger partial charge in [-0.15, -0.1) is 0 Å². The summed E-state index contributed by atoms with van der Waals surface area (Å²) in [6.45, 7) is 16.9. The minimum Gasteiger partial charge on any atom is -0.456 e. The van der Waals surface area contributed by atoms with Crippen LogP contribution in [0.2, 0.25) is 13.1 Å². The Hall–Kier alpha value is -6.56. The van der Waals surface area contributed by atoms with Crippen molar-refractivity contribution in [1.82, 2.24) is 0 Å². The zero-order valence-electron chi connectivity index (χ0n) is 36.4. The molecule has 298 valence electrons. The van der Waals surface area contributed by atoms with Gasteiger partial charge in [0.15, 0.2) is 0 Å². The van der Waals surface area contributed by atoms with E-state index >= 15 is 0 Å². The Morgan fingerprint density at radius 1 is 0.565 bits per heavy atom. The Bertz CT molecular complexity index is 3430. The van der Waals surface area contributed by atoms with Crippen molar-refractivity contribution in [2.24, 2.45) is 0 Å². The van der Waals surface area contributed by atoms with Crippen molar-refractivity contribution in [1.29, 1.82) is 0 Å². The first-order valence-electron chi connectivity index (χ1n) is 22.2. The summed E-state index contributed by atoms with van der Waals surface area (Å²) in [4.78, 5) is 5.38. The SMILES string of the molecule is CC(C)(C)c1ccc(N2c3cc4c(cc3B3c5c2cc2c(c5-c5cccc6c5N3c3ccccc3[Si]6(C)C)C(C)(C)c3ccccc3-2)oc2ccccc24)c(-c2ccccc2)c1. The number of para-hydroxylation sites is 3. The first-order chi connectivity index (χ1) is 29.9. The zero-order valence-corrected chi connectivity index (χ0v) is 37.4. The molecule has 0 fully saturated rings. The van der Waals surface area contributed by atoms with Crippen LogP contribution >= 0.6 is 0 Å². The van der Waals surface area contributed by atoms with Gasteiger partial charge in [-0.25, -0.2) is 0 Å². The summed E-state index contributed by atoms with van der Waals surface area (Å²) in [5, 5.41) is 5.27. The number of hydrogen-bond donors (Lipinski definition) is 0. The van der Waals surface area contributed by atoms with Crippen LogP contribution in [-0.2, 0) is 10.8 Å². The van der Waals surface area contributed by atoms with Gasteiger partial charge in [0.05, 0.1) is 5.69 Å². The molecule has 0 atom stereocenters. The average molecular weight is 815 g/mol. The molecule has 0 spiro atoms. The van der Waals surface area contributed by atoms with Crippen LogP contribution in [0.25, 0.3) is 55.3 Å². The van der Waals surface area contributed by atoms with Gasteiger partial charge in [-0.1, -0.05) is 163 Å². The van der Waals surface area contributed by atoms with Crippen LogP contribution in [0.15, 0.2) is 162 Å². The van der Waals surface area contributed by atoms with Gasteiger partial charge in [0.25, 0.3) is 0 Å². The van der Waals surface area contributed by atoms with Gasteiger partial charge in [-0.2, -0.15) is 0 Å². The van der Waals surface area contributed by atoms with E-state index in [2.05, 4.69) is 215 Å². The Morgan fingerprint density at radius 2 is 1.29 bits per heavy atom. The number of fused-ring (bicyclic) bond motifs is 13. The lowest BCUT2D eigenvalue weighted by Gasteiger charge is -2.51. The van der Waals surface area contributed by atoms with E-state index in [0.717, 1.165) is 21.9 Å².